The first-order chi connectivity index (χ1) is 18.4. The van der Waals surface area contributed by atoms with Crippen LogP contribution in [0.2, 0.25) is 0 Å². The number of carbonyl (C=O) groups is 1. The molecule has 0 fully saturated rings. The lowest BCUT2D eigenvalue weighted by atomic mass is 10.1. The van der Waals surface area contributed by atoms with Crippen LogP contribution in [0.25, 0.3) is 6.08 Å². The summed E-state index contributed by atoms with van der Waals surface area (Å²) in [6.07, 6.45) is 4.42. The van der Waals surface area contributed by atoms with Gasteiger partial charge in [-0.2, -0.15) is 5.26 Å². The molecule has 0 aliphatic carbocycles. The number of benzene rings is 3. The average molecular weight is 508 g/mol. The zero-order chi connectivity index (χ0) is 26.9. The van der Waals surface area contributed by atoms with Crippen LogP contribution in [0.15, 0.2) is 79.1 Å². The van der Waals surface area contributed by atoms with Gasteiger partial charge in [0.2, 0.25) is 11.8 Å². The molecule has 0 unspecified atom stereocenters. The second kappa shape index (κ2) is 12.2. The third-order valence-corrected chi connectivity index (χ3v) is 5.45. The van der Waals surface area contributed by atoms with Crippen molar-refractivity contribution in [2.45, 2.75) is 20.5 Å². The molecule has 0 aliphatic heterocycles. The van der Waals surface area contributed by atoms with Crippen molar-refractivity contribution in [3.8, 4) is 35.1 Å². The standard InChI is InChI=1S/C30H25N3O5/c1-20-13-24(17-31)14-21(2)30(20)38-28-16-27(32-19-33-28)37-25-11-9-23(15-26(25)35-3)18-36-29(34)12-10-22-7-5-4-6-8-22/h4-16,19H,18H2,1-3H3/b12-10+. The van der Waals surface area contributed by atoms with Crippen molar-refractivity contribution in [1.29, 1.82) is 5.26 Å². The van der Waals surface area contributed by atoms with Crippen LogP contribution in [0.4, 0.5) is 0 Å². The Hall–Kier alpha value is -5.16. The van der Waals surface area contributed by atoms with E-state index in [1.165, 1.54) is 19.5 Å². The van der Waals surface area contributed by atoms with Gasteiger partial charge < -0.3 is 18.9 Å². The van der Waals surface area contributed by atoms with E-state index in [2.05, 4.69) is 16.0 Å². The van der Waals surface area contributed by atoms with E-state index >= 15 is 0 Å². The molecule has 190 valence electrons. The summed E-state index contributed by atoms with van der Waals surface area (Å²) in [6.45, 7) is 3.81. The van der Waals surface area contributed by atoms with Gasteiger partial charge in [-0.15, -0.1) is 0 Å². The Morgan fingerprint density at radius 2 is 1.63 bits per heavy atom. The molecule has 1 aromatic heterocycles. The number of ether oxygens (including phenoxy) is 4. The van der Waals surface area contributed by atoms with Crippen LogP contribution in [0.5, 0.6) is 29.0 Å². The van der Waals surface area contributed by atoms with Gasteiger partial charge in [0.05, 0.1) is 24.8 Å². The largest absolute Gasteiger partial charge is 0.493 e. The molecule has 8 heteroatoms. The summed E-state index contributed by atoms with van der Waals surface area (Å²) in [7, 11) is 1.52. The first-order valence-electron chi connectivity index (χ1n) is 11.7. The Bertz CT molecular complexity index is 1490. The smallest absolute Gasteiger partial charge is 0.331 e. The Labute approximate surface area is 220 Å². The summed E-state index contributed by atoms with van der Waals surface area (Å²) >= 11 is 0. The fourth-order valence-electron chi connectivity index (χ4n) is 3.64. The van der Waals surface area contributed by atoms with Crippen LogP contribution in [-0.2, 0) is 16.1 Å². The van der Waals surface area contributed by atoms with Gasteiger partial charge in [0.25, 0.3) is 0 Å². The van der Waals surface area contributed by atoms with Gasteiger partial charge in [-0.05, 0) is 66.4 Å². The number of hydrogen-bond donors (Lipinski definition) is 0. The second-order valence-corrected chi connectivity index (χ2v) is 8.29. The number of nitriles is 1. The summed E-state index contributed by atoms with van der Waals surface area (Å²) in [5.41, 5.74) is 3.84. The average Bonchev–Trinajstić information content (AvgIpc) is 2.94. The van der Waals surface area contributed by atoms with E-state index in [1.54, 1.807) is 42.5 Å². The van der Waals surface area contributed by atoms with Crippen molar-refractivity contribution in [3.05, 3.63) is 107 Å². The lowest BCUT2D eigenvalue weighted by Crippen LogP contribution is -2.01. The molecule has 38 heavy (non-hydrogen) atoms. The number of carbonyl (C=O) groups excluding carboxylic acids is 1. The normalized spacial score (nSPS) is 10.6. The van der Waals surface area contributed by atoms with E-state index in [4.69, 9.17) is 24.2 Å². The van der Waals surface area contributed by atoms with Crippen molar-refractivity contribution in [3.63, 3.8) is 0 Å². The molecule has 0 atom stereocenters. The topological polar surface area (TPSA) is 104 Å². The Morgan fingerprint density at radius 3 is 2.32 bits per heavy atom. The van der Waals surface area contributed by atoms with Crippen LogP contribution >= 0.6 is 0 Å². The maximum Gasteiger partial charge on any atom is 0.331 e. The third-order valence-electron chi connectivity index (χ3n) is 5.45. The minimum atomic E-state index is -0.450. The number of aromatic nitrogens is 2. The molecule has 0 saturated heterocycles. The summed E-state index contributed by atoms with van der Waals surface area (Å²) in [4.78, 5) is 20.4. The molecule has 8 nitrogen and oxygen atoms in total. The molecule has 1 heterocycles. The van der Waals surface area contributed by atoms with Gasteiger partial charge in [0.1, 0.15) is 18.7 Å². The van der Waals surface area contributed by atoms with Crippen LogP contribution in [0, 0.1) is 25.2 Å². The quantitative estimate of drug-likeness (QED) is 0.192. The van der Waals surface area contributed by atoms with Gasteiger partial charge in [-0.1, -0.05) is 36.4 Å². The molecule has 0 saturated carbocycles. The maximum absolute atomic E-state index is 12.1. The Balaban J connectivity index is 1.42. The molecule has 0 bridgehead atoms. The van der Waals surface area contributed by atoms with Gasteiger partial charge in [0.15, 0.2) is 11.5 Å². The third kappa shape index (κ3) is 6.74. The highest BCUT2D eigenvalue weighted by Gasteiger charge is 2.13. The zero-order valence-electron chi connectivity index (χ0n) is 21.2. The molecule has 4 aromatic rings. The van der Waals surface area contributed by atoms with Crippen LogP contribution in [-0.4, -0.2) is 23.0 Å². The van der Waals surface area contributed by atoms with Gasteiger partial charge in [-0.3, -0.25) is 0 Å². The van der Waals surface area contributed by atoms with E-state index < -0.39 is 5.97 Å². The molecular weight excluding hydrogens is 482 g/mol. The predicted octanol–water partition coefficient (Wildman–Crippen LogP) is 6.31. The summed E-state index contributed by atoms with van der Waals surface area (Å²) in [5.74, 6) is 1.57. The van der Waals surface area contributed by atoms with Crippen molar-refractivity contribution in [2.75, 3.05) is 7.11 Å². The fourth-order valence-corrected chi connectivity index (χ4v) is 3.64. The van der Waals surface area contributed by atoms with Crippen LogP contribution in [0.3, 0.4) is 0 Å². The number of methoxy groups -OCH3 is 1. The Kier molecular flexibility index (Phi) is 8.32. The summed E-state index contributed by atoms with van der Waals surface area (Å²) in [5, 5.41) is 9.16. The van der Waals surface area contributed by atoms with E-state index in [9.17, 15) is 4.79 Å². The van der Waals surface area contributed by atoms with Crippen LogP contribution in [0.1, 0.15) is 27.8 Å². The lowest BCUT2D eigenvalue weighted by molar-refractivity contribution is -0.138. The molecule has 0 aliphatic rings. The number of nitrogens with zero attached hydrogens (tertiary/aromatic N) is 3. The fraction of sp³-hybridized carbons (Fsp3) is 0.133. The summed E-state index contributed by atoms with van der Waals surface area (Å²) in [6, 6.07) is 21.9. The van der Waals surface area contributed by atoms with Gasteiger partial charge in [0, 0.05) is 6.08 Å². The lowest BCUT2D eigenvalue weighted by Gasteiger charge is -2.13. The number of hydrogen-bond acceptors (Lipinski definition) is 8. The molecule has 3 aromatic carbocycles. The van der Waals surface area contributed by atoms with Crippen molar-refractivity contribution in [2.24, 2.45) is 0 Å². The van der Waals surface area contributed by atoms with E-state index in [0.29, 0.717) is 22.8 Å². The van der Waals surface area contributed by atoms with Gasteiger partial charge >= 0.3 is 5.97 Å². The van der Waals surface area contributed by atoms with E-state index in [-0.39, 0.29) is 18.4 Å². The number of rotatable bonds is 9. The molecule has 0 radical (unpaired) electrons. The SMILES string of the molecule is COc1cc(COC(=O)/C=C/c2ccccc2)ccc1Oc1cc(Oc2c(C)cc(C#N)cc2C)ncn1. The highest BCUT2D eigenvalue weighted by molar-refractivity contribution is 5.87. The first kappa shape index (κ1) is 25.9. The predicted molar refractivity (Wildman–Crippen MR) is 141 cm³/mol. The highest BCUT2D eigenvalue weighted by atomic mass is 16.5. The van der Waals surface area contributed by atoms with Crippen molar-refractivity contribution < 1.29 is 23.7 Å². The summed E-state index contributed by atoms with van der Waals surface area (Å²) < 4.78 is 22.7. The molecule has 4 rings (SSSR count). The highest BCUT2D eigenvalue weighted by Crippen LogP contribution is 2.34. The zero-order valence-corrected chi connectivity index (χ0v) is 21.2. The second-order valence-electron chi connectivity index (χ2n) is 8.29. The number of esters is 1. The van der Waals surface area contributed by atoms with E-state index in [0.717, 1.165) is 22.3 Å². The van der Waals surface area contributed by atoms with Crippen LogP contribution < -0.4 is 14.2 Å². The molecule has 0 amide bonds. The molecule has 0 spiro atoms. The molecular formula is C30H25N3O5. The Morgan fingerprint density at radius 1 is 0.921 bits per heavy atom. The first-order valence-corrected chi connectivity index (χ1v) is 11.7. The van der Waals surface area contributed by atoms with Crippen molar-refractivity contribution >= 4 is 12.0 Å². The monoisotopic (exact) mass is 507 g/mol. The maximum atomic E-state index is 12.1. The number of aryl methyl sites for hydroxylation is 2. The minimum Gasteiger partial charge on any atom is -0.493 e. The molecule has 0 N–H and O–H groups in total. The minimum absolute atomic E-state index is 0.0728. The van der Waals surface area contributed by atoms with E-state index in [1.807, 2.05) is 44.2 Å². The van der Waals surface area contributed by atoms with Crippen molar-refractivity contribution in [1.82, 2.24) is 9.97 Å². The van der Waals surface area contributed by atoms with Gasteiger partial charge in [-0.25, -0.2) is 14.8 Å².